The van der Waals surface area contributed by atoms with Crippen molar-refractivity contribution in [2.45, 2.75) is 46.2 Å². The summed E-state index contributed by atoms with van der Waals surface area (Å²) in [6.45, 7) is 19.7. The van der Waals surface area contributed by atoms with Crippen LogP contribution in [0, 0.1) is 0 Å². The van der Waals surface area contributed by atoms with Crippen LogP contribution in [-0.2, 0) is 160 Å². The number of quaternary nitrogens is 1. The molecule has 7 aromatic rings. The van der Waals surface area contributed by atoms with E-state index in [0.29, 0.717) is 367 Å². The van der Waals surface area contributed by atoms with Crippen molar-refractivity contribution in [1.82, 2.24) is 0 Å². The molecular formula is C108H164NO38+. The fourth-order valence-electron chi connectivity index (χ4n) is 13.2. The zero-order valence-electron chi connectivity index (χ0n) is 88.5. The van der Waals surface area contributed by atoms with E-state index in [4.69, 9.17) is 180 Å². The molecule has 0 aromatic heterocycles. The molecule has 0 saturated carbocycles. The van der Waals surface area contributed by atoms with Gasteiger partial charge in [-0.25, -0.2) is 0 Å². The van der Waals surface area contributed by atoms with Gasteiger partial charge in [0.15, 0.2) is 0 Å². The molecule has 0 radical (unpaired) electrons. The largest absolute Gasteiger partial charge is 0.491 e. The SMILES string of the molecule is COCCOCCOCCOc1cc(COc2cc(COc3cc(C[N+](C)(C)C)cc(OCc4cc(OCc5cc(OCCOCCOCCOC)cc(OCCOCCOCCOC)c5)cc(OCc5cc(OCCOCCOCCOC)cc(OCCOCCOCCOC)c5)c4)c3)cc(OCc3cc(OCCOCCOCCOC)cc(OCCOCCOCCOC)c3)c2)cc(OCCOCCOCCOC)c1. The van der Waals surface area contributed by atoms with Gasteiger partial charge >= 0.3 is 0 Å². The summed E-state index contributed by atoms with van der Waals surface area (Å²) in [5.74, 6) is 7.31. The minimum absolute atomic E-state index is 0.0569. The number of hydrogen-bond donors (Lipinski definition) is 0. The summed E-state index contributed by atoms with van der Waals surface area (Å²) in [4.78, 5) is 0. The van der Waals surface area contributed by atoms with Crippen LogP contribution in [0.4, 0.5) is 0 Å². The summed E-state index contributed by atoms with van der Waals surface area (Å²) < 4.78 is 224. The van der Waals surface area contributed by atoms with Crippen LogP contribution in [0.3, 0.4) is 0 Å². The van der Waals surface area contributed by atoms with E-state index in [1.165, 1.54) is 0 Å². The Hall–Kier alpha value is -9.26. The molecule has 0 fully saturated rings. The van der Waals surface area contributed by atoms with Gasteiger partial charge in [-0.2, -0.15) is 0 Å². The molecule has 7 rings (SSSR count). The zero-order valence-corrected chi connectivity index (χ0v) is 88.5. The Morgan fingerprint density at radius 1 is 0.122 bits per heavy atom. The van der Waals surface area contributed by atoms with Crippen LogP contribution >= 0.6 is 0 Å². The third kappa shape index (κ3) is 63.5. The summed E-state index contributed by atoms with van der Waals surface area (Å²) in [5, 5.41) is 0. The molecule has 0 bridgehead atoms. The quantitative estimate of drug-likeness (QED) is 0.0252. The summed E-state index contributed by atoms with van der Waals surface area (Å²) in [6.07, 6.45) is 0. The van der Waals surface area contributed by atoms with Gasteiger partial charge < -0.3 is 184 Å². The van der Waals surface area contributed by atoms with Crippen LogP contribution in [0.25, 0.3) is 0 Å². The molecule has 39 nitrogen and oxygen atoms in total. The van der Waals surface area contributed by atoms with E-state index in [1.54, 1.807) is 56.9 Å². The average molecular weight is 2080 g/mol. The summed E-state index contributed by atoms with van der Waals surface area (Å²) >= 11 is 0. The van der Waals surface area contributed by atoms with Crippen LogP contribution in [0.1, 0.15) is 38.9 Å². The number of methoxy groups -OCH3 is 8. The maximum absolute atomic E-state index is 6.92. The molecule has 7 aromatic carbocycles. The van der Waals surface area contributed by atoms with Crippen LogP contribution in [0.2, 0.25) is 0 Å². The molecule has 0 atom stereocenters. The molecule has 0 aliphatic rings. The first kappa shape index (κ1) is 125. The van der Waals surface area contributed by atoms with Gasteiger partial charge in [0.2, 0.25) is 0 Å². The Balaban J connectivity index is 1.22. The van der Waals surface area contributed by atoms with Crippen molar-refractivity contribution in [2.75, 3.05) is 395 Å². The van der Waals surface area contributed by atoms with E-state index in [0.717, 1.165) is 27.8 Å². The Morgan fingerprint density at radius 3 is 0.340 bits per heavy atom. The van der Waals surface area contributed by atoms with Gasteiger partial charge in [0.05, 0.1) is 285 Å². The molecule has 147 heavy (non-hydrogen) atoms. The number of rotatable bonds is 100. The van der Waals surface area contributed by atoms with Crippen LogP contribution in [0.5, 0.6) is 80.5 Å². The number of benzene rings is 7. The summed E-state index contributed by atoms with van der Waals surface area (Å²) in [6, 6.07) is 39.8. The normalized spacial score (nSPS) is 11.5. The van der Waals surface area contributed by atoms with Gasteiger partial charge in [-0.05, 0) is 118 Å². The molecule has 0 aliphatic heterocycles. The van der Waals surface area contributed by atoms with Gasteiger partial charge in [0.25, 0.3) is 0 Å². The van der Waals surface area contributed by atoms with Gasteiger partial charge in [0.1, 0.15) is 180 Å². The Morgan fingerprint density at radius 2 is 0.224 bits per heavy atom. The first-order valence-corrected chi connectivity index (χ1v) is 50.0. The first-order valence-electron chi connectivity index (χ1n) is 50.0. The first-order chi connectivity index (χ1) is 72.2. The molecule has 39 heteroatoms. The third-order valence-electron chi connectivity index (χ3n) is 20.1. The van der Waals surface area contributed by atoms with Crippen molar-refractivity contribution in [3.63, 3.8) is 0 Å². The summed E-state index contributed by atoms with van der Waals surface area (Å²) in [7, 11) is 19.4. The average Bonchev–Trinajstić information content (AvgIpc) is 0.831. The Bertz CT molecular complexity index is 3750. The molecule has 0 spiro atoms. The van der Waals surface area contributed by atoms with Crippen LogP contribution in [-0.4, -0.2) is 400 Å². The maximum Gasteiger partial charge on any atom is 0.124 e. The van der Waals surface area contributed by atoms with Crippen LogP contribution < -0.4 is 66.3 Å². The lowest BCUT2D eigenvalue weighted by Crippen LogP contribution is -2.33. The van der Waals surface area contributed by atoms with E-state index < -0.39 is 0 Å². The van der Waals surface area contributed by atoms with Gasteiger partial charge in [-0.15, -0.1) is 0 Å². The lowest BCUT2D eigenvalue weighted by Gasteiger charge is -2.24. The van der Waals surface area contributed by atoms with Gasteiger partial charge in [0, 0.05) is 105 Å². The topological polar surface area (TPSA) is 351 Å². The van der Waals surface area contributed by atoms with Crippen molar-refractivity contribution >= 4 is 0 Å². The van der Waals surface area contributed by atoms with E-state index in [9.17, 15) is 0 Å². The highest BCUT2D eigenvalue weighted by molar-refractivity contribution is 5.46. The lowest BCUT2D eigenvalue weighted by molar-refractivity contribution is -0.884. The van der Waals surface area contributed by atoms with Gasteiger partial charge in [-0.1, -0.05) is 0 Å². The van der Waals surface area contributed by atoms with Crippen molar-refractivity contribution in [3.05, 3.63) is 166 Å². The molecule has 0 amide bonds. The second-order valence-electron chi connectivity index (χ2n) is 33.4. The Labute approximate surface area is 868 Å². The molecular weight excluding hydrogens is 1920 g/mol. The molecule has 0 aliphatic carbocycles. The fourth-order valence-corrected chi connectivity index (χ4v) is 13.2. The second-order valence-corrected chi connectivity index (χ2v) is 33.4. The van der Waals surface area contributed by atoms with E-state index in [1.807, 2.05) is 127 Å². The zero-order chi connectivity index (χ0) is 104. The van der Waals surface area contributed by atoms with Crippen molar-refractivity contribution < 1.29 is 184 Å². The predicted molar refractivity (Wildman–Crippen MR) is 545 cm³/mol. The van der Waals surface area contributed by atoms with Gasteiger partial charge in [-0.3, -0.25) is 0 Å². The number of ether oxygens (including phenoxy) is 38. The fraction of sp³-hybridized carbons (Fsp3) is 0.611. The monoisotopic (exact) mass is 2080 g/mol. The maximum atomic E-state index is 6.92. The lowest BCUT2D eigenvalue weighted by atomic mass is 10.1. The van der Waals surface area contributed by atoms with E-state index in [2.05, 4.69) is 21.1 Å². The standard InChI is InChI=1S/C108H164NO38/c1-109(2,3)81-88-60-103(142-86-93-70-105(144-82-89-62-95(134-52-44-126-36-28-118-20-12-110-4)74-96(63-89)135-53-45-127-37-29-119-21-13-111-5)79-106(71-93)145-83-90-64-97(136-54-46-128-38-30-120-22-14-112-6)75-98(65-90)137-55-47-129-39-31-121-23-15-113-7)78-104(61-88)143-87-94-72-107(146-84-91-66-99(138-56-48-130-40-32-122-24-16-114-8)76-100(67-91)139-57-49-131-41-33-123-25-17-115-9)80-108(73-94)147-85-92-68-101(140-58-50-132-42-34-124-26-18-116-10)77-102(69-92)141-59-51-133-43-35-125-27-19-117-11/h60-80H,12-59,81-87H2,1-11H3/q+1. The molecule has 0 unspecified atom stereocenters. The number of hydrogen-bond acceptors (Lipinski definition) is 38. The molecule has 0 N–H and O–H groups in total. The minimum Gasteiger partial charge on any atom is -0.491 e. The molecule has 0 saturated heterocycles. The van der Waals surface area contributed by atoms with Crippen molar-refractivity contribution in [3.8, 4) is 80.5 Å². The number of nitrogens with zero attached hydrogens (tertiary/aromatic N) is 1. The van der Waals surface area contributed by atoms with Crippen LogP contribution in [0.15, 0.2) is 127 Å². The highest BCUT2D eigenvalue weighted by atomic mass is 16.6. The second kappa shape index (κ2) is 83.5. The molecule has 828 valence electrons. The van der Waals surface area contributed by atoms with E-state index >= 15 is 0 Å². The third-order valence-corrected chi connectivity index (χ3v) is 20.1. The smallest absolute Gasteiger partial charge is 0.124 e. The van der Waals surface area contributed by atoms with Crippen molar-refractivity contribution in [2.24, 2.45) is 0 Å². The predicted octanol–water partition coefficient (Wildman–Crippen LogP) is 11.8. The highest BCUT2D eigenvalue weighted by Gasteiger charge is 2.19. The highest BCUT2D eigenvalue weighted by Crippen LogP contribution is 2.35. The molecule has 0 heterocycles. The summed E-state index contributed by atoms with van der Waals surface area (Å²) in [5.41, 5.74) is 5.36. The minimum atomic E-state index is 0.0569. The van der Waals surface area contributed by atoms with E-state index in [-0.39, 0.29) is 92.5 Å². The Kier molecular flexibility index (Phi) is 70.8. The van der Waals surface area contributed by atoms with Crippen molar-refractivity contribution in [1.29, 1.82) is 0 Å².